The summed E-state index contributed by atoms with van der Waals surface area (Å²) < 4.78 is 48.2. The van der Waals surface area contributed by atoms with Crippen molar-refractivity contribution in [1.29, 1.82) is 0 Å². The summed E-state index contributed by atoms with van der Waals surface area (Å²) in [5.41, 5.74) is 9.45. The highest BCUT2D eigenvalue weighted by Gasteiger charge is 2.51. The first-order valence-electron chi connectivity index (χ1n) is 16.3. The van der Waals surface area contributed by atoms with E-state index in [1.807, 2.05) is 65.6 Å². The molecule has 0 amide bonds. The van der Waals surface area contributed by atoms with E-state index in [1.54, 1.807) is 0 Å². The number of carbonyl (C=O) groups excluding carboxylic acids is 1. The molecule has 0 unspecified atom stereocenters. The van der Waals surface area contributed by atoms with Crippen molar-refractivity contribution in [2.45, 2.75) is 61.9 Å². The maximum Gasteiger partial charge on any atom is 0.490 e. The number of aliphatic hydroxyl groups is 2. The van der Waals surface area contributed by atoms with E-state index < -0.39 is 36.4 Å². The minimum absolute atomic E-state index is 0.00968. The van der Waals surface area contributed by atoms with Crippen LogP contribution < -0.4 is 16.0 Å². The van der Waals surface area contributed by atoms with Crippen LogP contribution in [0.2, 0.25) is 0 Å². The van der Waals surface area contributed by atoms with Gasteiger partial charge in [-0.15, -0.1) is 0 Å². The van der Waals surface area contributed by atoms with Gasteiger partial charge in [0, 0.05) is 43.4 Å². The smallest absolute Gasteiger partial charge is 0.451 e. The Kier molecular flexibility index (Phi) is 9.15. The molecule has 262 valence electrons. The Hall–Kier alpha value is -5.06. The van der Waals surface area contributed by atoms with Gasteiger partial charge in [0.15, 0.2) is 23.1 Å². The van der Waals surface area contributed by atoms with Crippen LogP contribution in [0.25, 0.3) is 11.2 Å². The van der Waals surface area contributed by atoms with E-state index in [4.69, 9.17) is 20.4 Å². The Balaban J connectivity index is 1.29. The third-order valence-electron chi connectivity index (χ3n) is 9.40. The summed E-state index contributed by atoms with van der Waals surface area (Å²) in [7, 11) is 0. The van der Waals surface area contributed by atoms with Crippen LogP contribution in [0.5, 0.6) is 0 Å². The number of aliphatic hydroxyl groups excluding tert-OH is 2. The zero-order chi connectivity index (χ0) is 35.0. The summed E-state index contributed by atoms with van der Waals surface area (Å²) in [5, 5.41) is 28.6. The van der Waals surface area contributed by atoms with Crippen LogP contribution in [0, 0.1) is 0 Å². The molecule has 0 spiro atoms. The molecule has 2 aliphatic rings. The lowest BCUT2D eigenvalue weighted by atomic mass is 9.91. The van der Waals surface area contributed by atoms with Gasteiger partial charge in [-0.3, -0.25) is 4.68 Å². The summed E-state index contributed by atoms with van der Waals surface area (Å²) in [4.78, 5) is 28.4. The van der Waals surface area contributed by atoms with Crippen LogP contribution in [0.4, 0.5) is 24.9 Å². The van der Waals surface area contributed by atoms with Crippen LogP contribution in [-0.4, -0.2) is 89.5 Å². The third kappa shape index (κ3) is 6.60. The van der Waals surface area contributed by atoms with Crippen molar-refractivity contribution in [3.8, 4) is 0 Å². The normalized spacial score (nSPS) is 22.5. The lowest BCUT2D eigenvalue weighted by molar-refractivity contribution is -0.210. The molecule has 0 bridgehead atoms. The first kappa shape index (κ1) is 33.4. The third-order valence-corrected chi connectivity index (χ3v) is 9.40. The molecule has 1 aliphatic carbocycles. The molecule has 5 aromatic rings. The van der Waals surface area contributed by atoms with Gasteiger partial charge in [0.05, 0.1) is 31.2 Å². The average molecular weight is 692 g/mol. The number of halogens is 3. The fourth-order valence-corrected chi connectivity index (χ4v) is 6.86. The van der Waals surface area contributed by atoms with Gasteiger partial charge in [-0.05, 0) is 24.0 Å². The van der Waals surface area contributed by atoms with Gasteiger partial charge in [0.1, 0.15) is 6.10 Å². The standard InChI is InChI=1S/C34H36F3N9O4/c35-34(36,37)32(49)50-29-26(13-25(28(29)48)46-16-20(18-47)14-41-46)45-19-40-27-30(42-33(43-31(27)45)44-12-11-23(38)17-44)39-15-24(21-7-3-1-4-8-21)22-9-5-2-6-10-22/h1-10,14,16,19,23-26,28-29,47-48H,11-13,15,17-18,38H2,(H,39,42,43)/t23-,25+,26-,28-,29+/m1/s1. The zero-order valence-corrected chi connectivity index (χ0v) is 26.8. The minimum Gasteiger partial charge on any atom is -0.451 e. The number of nitrogens with zero attached hydrogens (tertiary/aromatic N) is 7. The van der Waals surface area contributed by atoms with E-state index in [1.165, 1.54) is 28.0 Å². The van der Waals surface area contributed by atoms with Crippen molar-refractivity contribution in [2.24, 2.45) is 5.73 Å². The molecule has 1 aliphatic heterocycles. The molecule has 50 heavy (non-hydrogen) atoms. The fraction of sp³-hybridized carbons (Fsp3) is 0.382. The van der Waals surface area contributed by atoms with Crippen molar-refractivity contribution in [2.75, 3.05) is 29.9 Å². The molecular formula is C34H36F3N9O4. The zero-order valence-electron chi connectivity index (χ0n) is 26.8. The molecule has 1 saturated carbocycles. The Morgan fingerprint density at radius 1 is 1.06 bits per heavy atom. The van der Waals surface area contributed by atoms with Crippen LogP contribution in [-0.2, 0) is 16.1 Å². The highest BCUT2D eigenvalue weighted by atomic mass is 19.4. The molecule has 3 aromatic heterocycles. The van der Waals surface area contributed by atoms with E-state index in [2.05, 4.69) is 15.4 Å². The lowest BCUT2D eigenvalue weighted by Gasteiger charge is -2.25. The predicted octanol–water partition coefficient (Wildman–Crippen LogP) is 3.32. The molecule has 5 atom stereocenters. The van der Waals surface area contributed by atoms with Gasteiger partial charge in [0.25, 0.3) is 0 Å². The summed E-state index contributed by atoms with van der Waals surface area (Å²) in [6, 6.07) is 18.0. The molecule has 2 fully saturated rings. The van der Waals surface area contributed by atoms with Crippen molar-refractivity contribution in [1.82, 2.24) is 29.3 Å². The predicted molar refractivity (Wildman–Crippen MR) is 176 cm³/mol. The summed E-state index contributed by atoms with van der Waals surface area (Å²) in [5.74, 6) is -1.74. The van der Waals surface area contributed by atoms with E-state index in [0.717, 1.165) is 17.5 Å². The number of carbonyl (C=O) groups is 1. The second kappa shape index (κ2) is 13.7. The second-order valence-corrected chi connectivity index (χ2v) is 12.7. The van der Waals surface area contributed by atoms with Crippen molar-refractivity contribution in [3.05, 3.63) is 96.1 Å². The summed E-state index contributed by atoms with van der Waals surface area (Å²) in [6.45, 7) is 1.20. The van der Waals surface area contributed by atoms with Crippen molar-refractivity contribution in [3.63, 3.8) is 0 Å². The number of fused-ring (bicyclic) bond motifs is 1. The highest BCUT2D eigenvalue weighted by molar-refractivity contribution is 5.84. The van der Waals surface area contributed by atoms with E-state index >= 15 is 0 Å². The second-order valence-electron chi connectivity index (χ2n) is 12.7. The van der Waals surface area contributed by atoms with E-state index in [-0.39, 0.29) is 30.6 Å². The van der Waals surface area contributed by atoms with Crippen LogP contribution in [0.3, 0.4) is 0 Å². The molecule has 2 aromatic carbocycles. The van der Waals surface area contributed by atoms with Crippen molar-refractivity contribution >= 4 is 28.9 Å². The summed E-state index contributed by atoms with van der Waals surface area (Å²) >= 11 is 0. The number of nitrogens with two attached hydrogens (primary N) is 1. The quantitative estimate of drug-likeness (QED) is 0.159. The Morgan fingerprint density at radius 3 is 2.36 bits per heavy atom. The number of aromatic nitrogens is 6. The number of benzene rings is 2. The number of imidazole rings is 1. The van der Waals surface area contributed by atoms with Crippen LogP contribution in [0.1, 0.15) is 47.5 Å². The molecule has 5 N–H and O–H groups in total. The molecule has 4 heterocycles. The molecule has 0 radical (unpaired) electrons. The number of rotatable bonds is 10. The topological polar surface area (TPSA) is 169 Å². The Morgan fingerprint density at radius 2 is 1.76 bits per heavy atom. The van der Waals surface area contributed by atoms with Gasteiger partial charge in [0.2, 0.25) is 5.95 Å². The molecular weight excluding hydrogens is 655 g/mol. The first-order chi connectivity index (χ1) is 24.1. The number of nitrogens with one attached hydrogen (secondary N) is 1. The van der Waals surface area contributed by atoms with Gasteiger partial charge in [-0.2, -0.15) is 28.2 Å². The number of esters is 1. The average Bonchev–Trinajstić information content (AvgIpc) is 3.92. The number of anilines is 2. The van der Waals surface area contributed by atoms with E-state index in [0.29, 0.717) is 42.5 Å². The first-order valence-corrected chi connectivity index (χ1v) is 16.3. The largest absolute Gasteiger partial charge is 0.490 e. The van der Waals surface area contributed by atoms with Gasteiger partial charge in [-0.1, -0.05) is 60.7 Å². The maximum atomic E-state index is 13.5. The Bertz CT molecular complexity index is 1900. The van der Waals surface area contributed by atoms with Gasteiger partial charge < -0.3 is 35.5 Å². The molecule has 13 nitrogen and oxygen atoms in total. The highest BCUT2D eigenvalue weighted by Crippen LogP contribution is 2.43. The SMILES string of the molecule is N[C@@H]1CCN(c2nc(NCC(c3ccccc3)c3ccccc3)c3ncn([C@@H]4C[C@H](n5cc(CO)cn5)[C@@H](O)[C@H]4OC(=O)C(F)(F)F)c3n2)C1. The molecule has 1 saturated heterocycles. The number of hydrogen-bond acceptors (Lipinski definition) is 11. The minimum atomic E-state index is -5.29. The molecule has 16 heteroatoms. The Labute approximate surface area is 284 Å². The van der Waals surface area contributed by atoms with Gasteiger partial charge in [-0.25, -0.2) is 9.78 Å². The number of ether oxygens (including phenoxy) is 1. The van der Waals surface area contributed by atoms with Crippen molar-refractivity contribution < 1.29 is 32.9 Å². The van der Waals surface area contributed by atoms with Crippen LogP contribution in [0.15, 0.2) is 79.4 Å². The van der Waals surface area contributed by atoms with E-state index in [9.17, 15) is 28.2 Å². The number of alkyl halides is 3. The lowest BCUT2D eigenvalue weighted by Crippen LogP contribution is -2.39. The van der Waals surface area contributed by atoms with Crippen LogP contribution >= 0.6 is 0 Å². The van der Waals surface area contributed by atoms with Gasteiger partial charge >= 0.3 is 12.1 Å². The summed E-state index contributed by atoms with van der Waals surface area (Å²) in [6.07, 6.45) is -3.49. The number of hydrogen-bond donors (Lipinski definition) is 4. The maximum absolute atomic E-state index is 13.5. The molecule has 7 rings (SSSR count). The monoisotopic (exact) mass is 691 g/mol. The fourth-order valence-electron chi connectivity index (χ4n) is 6.86.